The first-order chi connectivity index (χ1) is 15.7. The molecule has 0 radical (unpaired) electrons. The number of anilines is 1. The van der Waals surface area contributed by atoms with Crippen LogP contribution in [0.15, 0.2) is 40.2 Å². The molecule has 0 atom stereocenters. The minimum Gasteiger partial charge on any atom is -0.481 e. The van der Waals surface area contributed by atoms with Crippen LogP contribution in [-0.4, -0.2) is 67.4 Å². The number of aromatic nitrogens is 4. The molecule has 33 heavy (non-hydrogen) atoms. The minimum atomic E-state index is -0.745. The van der Waals surface area contributed by atoms with Crippen molar-refractivity contribution >= 4 is 34.4 Å². The summed E-state index contributed by atoms with van der Waals surface area (Å²) in [4.78, 5) is 42.9. The molecule has 1 aliphatic heterocycles. The van der Waals surface area contributed by atoms with Gasteiger partial charge in [0.2, 0.25) is 0 Å². The molecule has 0 saturated carbocycles. The average molecular weight is 477 g/mol. The van der Waals surface area contributed by atoms with Gasteiger partial charge < -0.3 is 14.6 Å². The lowest BCUT2D eigenvalue weighted by molar-refractivity contribution is -0.136. The number of benzene rings is 1. The fraction of sp³-hybridized carbons (Fsp3) is 0.455. The average Bonchev–Trinajstić information content (AvgIpc) is 3.25. The zero-order chi connectivity index (χ0) is 24.1. The molecule has 0 unspecified atom stereocenters. The lowest BCUT2D eigenvalue weighted by atomic mass is 10.2. The number of nitrogens with zero attached hydrogens (tertiary/aromatic N) is 6. The number of para-hydroxylation sites is 1. The highest BCUT2D eigenvalue weighted by molar-refractivity contribution is 6.33. The second-order valence-electron chi connectivity index (χ2n) is 7.84. The van der Waals surface area contributed by atoms with E-state index in [1.807, 2.05) is 22.8 Å². The van der Waals surface area contributed by atoms with Gasteiger partial charge in [0, 0.05) is 59.8 Å². The summed E-state index contributed by atoms with van der Waals surface area (Å²) in [6.07, 6.45) is 1.87. The summed E-state index contributed by atoms with van der Waals surface area (Å²) in [6.45, 7) is 6.73. The number of carboxylic acids is 1. The Balaban J connectivity index is 0.000000555. The Morgan fingerprint density at radius 3 is 2.30 bits per heavy atom. The summed E-state index contributed by atoms with van der Waals surface area (Å²) in [7, 11) is 3.13. The van der Waals surface area contributed by atoms with Crippen LogP contribution in [0.3, 0.4) is 0 Å². The highest BCUT2D eigenvalue weighted by atomic mass is 35.5. The van der Waals surface area contributed by atoms with Crippen LogP contribution in [0.1, 0.15) is 13.3 Å². The number of halogens is 1. The predicted molar refractivity (Wildman–Crippen MR) is 128 cm³/mol. The van der Waals surface area contributed by atoms with E-state index >= 15 is 0 Å². The first-order valence-corrected chi connectivity index (χ1v) is 11.2. The molecule has 1 saturated heterocycles. The van der Waals surface area contributed by atoms with Crippen molar-refractivity contribution in [1.82, 2.24) is 23.6 Å². The third kappa shape index (κ3) is 5.45. The fourth-order valence-corrected chi connectivity index (χ4v) is 3.99. The molecule has 0 spiro atoms. The Labute approximate surface area is 196 Å². The van der Waals surface area contributed by atoms with Gasteiger partial charge in [-0.3, -0.25) is 23.6 Å². The van der Waals surface area contributed by atoms with Crippen LogP contribution < -0.4 is 16.1 Å². The van der Waals surface area contributed by atoms with Gasteiger partial charge >= 0.3 is 11.7 Å². The highest BCUT2D eigenvalue weighted by Gasteiger charge is 2.19. The molecule has 3 heterocycles. The van der Waals surface area contributed by atoms with Gasteiger partial charge in [0.25, 0.3) is 5.56 Å². The molecule has 1 aromatic carbocycles. The van der Waals surface area contributed by atoms with E-state index in [1.165, 1.54) is 11.6 Å². The quantitative estimate of drug-likeness (QED) is 0.593. The van der Waals surface area contributed by atoms with Crippen LogP contribution in [-0.2, 0) is 25.4 Å². The number of hydrogen-bond donors (Lipinski definition) is 1. The van der Waals surface area contributed by atoms with Crippen molar-refractivity contribution in [2.75, 3.05) is 37.6 Å². The first kappa shape index (κ1) is 24.5. The lowest BCUT2D eigenvalue weighted by Gasteiger charge is -2.36. The molecule has 1 N–H and O–H groups in total. The molecule has 1 fully saturated rings. The maximum atomic E-state index is 12.5. The zero-order valence-corrected chi connectivity index (χ0v) is 19.8. The van der Waals surface area contributed by atoms with E-state index in [1.54, 1.807) is 20.3 Å². The summed E-state index contributed by atoms with van der Waals surface area (Å²) in [5.41, 5.74) is 1.31. The Morgan fingerprint density at radius 2 is 1.70 bits per heavy atom. The maximum Gasteiger partial charge on any atom is 0.332 e. The zero-order valence-electron chi connectivity index (χ0n) is 19.1. The molecule has 178 valence electrons. The number of piperazine rings is 1. The largest absolute Gasteiger partial charge is 0.481 e. The van der Waals surface area contributed by atoms with Crippen molar-refractivity contribution in [3.05, 3.63) is 56.5 Å². The minimum absolute atomic E-state index is 0.222. The van der Waals surface area contributed by atoms with Gasteiger partial charge in [-0.1, -0.05) is 30.7 Å². The first-order valence-electron chi connectivity index (χ1n) is 10.8. The van der Waals surface area contributed by atoms with Gasteiger partial charge in [0.1, 0.15) is 0 Å². The molecule has 0 aliphatic carbocycles. The Hall–Kier alpha value is -3.11. The molecule has 0 bridgehead atoms. The second-order valence-corrected chi connectivity index (χ2v) is 8.25. The van der Waals surface area contributed by atoms with E-state index in [0.717, 1.165) is 48.0 Å². The molecule has 3 aromatic rings. The topological polar surface area (TPSA) is 106 Å². The van der Waals surface area contributed by atoms with Gasteiger partial charge in [-0.25, -0.2) is 9.78 Å². The van der Waals surface area contributed by atoms with E-state index < -0.39 is 5.97 Å². The van der Waals surface area contributed by atoms with Gasteiger partial charge in [-0.05, 0) is 12.1 Å². The number of carbonyl (C=O) groups is 1. The van der Waals surface area contributed by atoms with Crippen molar-refractivity contribution in [3.63, 3.8) is 0 Å². The monoisotopic (exact) mass is 476 g/mol. The van der Waals surface area contributed by atoms with Crippen LogP contribution in [0.5, 0.6) is 0 Å². The van der Waals surface area contributed by atoms with Crippen LogP contribution in [0, 0.1) is 0 Å². The van der Waals surface area contributed by atoms with Crippen molar-refractivity contribution in [1.29, 1.82) is 0 Å². The number of fused-ring (bicyclic) bond motifs is 1. The Kier molecular flexibility index (Phi) is 7.93. The standard InChI is InChI=1S/C19H23ClN6O2.C3H6O2/c1-22-17-16(18(27)23(2)19(22)28)26(13-21-17)12-9-24-7-10-25(11-8-24)15-6-4-3-5-14(15)20;1-2-3(4)5/h3-6,13H,7-12H2,1-2H3;2H2,1H3,(H,4,5). The molecular weight excluding hydrogens is 448 g/mol. The number of hydrogen-bond acceptors (Lipinski definition) is 6. The molecule has 4 rings (SSSR count). The van der Waals surface area contributed by atoms with E-state index in [0.29, 0.717) is 17.7 Å². The second kappa shape index (κ2) is 10.7. The summed E-state index contributed by atoms with van der Waals surface area (Å²) in [5.74, 6) is -0.745. The summed E-state index contributed by atoms with van der Waals surface area (Å²) in [6, 6.07) is 7.92. The molecule has 2 aromatic heterocycles. The fourth-order valence-electron chi connectivity index (χ4n) is 3.74. The summed E-state index contributed by atoms with van der Waals surface area (Å²) >= 11 is 6.31. The van der Waals surface area contributed by atoms with E-state index in [2.05, 4.69) is 20.9 Å². The number of aliphatic carboxylic acids is 1. The van der Waals surface area contributed by atoms with E-state index in [-0.39, 0.29) is 17.7 Å². The highest BCUT2D eigenvalue weighted by Crippen LogP contribution is 2.26. The Morgan fingerprint density at radius 1 is 1.06 bits per heavy atom. The summed E-state index contributed by atoms with van der Waals surface area (Å²) < 4.78 is 4.38. The molecular formula is C22H29ClN6O4. The van der Waals surface area contributed by atoms with Crippen LogP contribution in [0.25, 0.3) is 11.2 Å². The third-order valence-corrected chi connectivity index (χ3v) is 6.06. The molecule has 10 nitrogen and oxygen atoms in total. The normalized spacial score (nSPS) is 14.2. The summed E-state index contributed by atoms with van der Waals surface area (Å²) in [5, 5.41) is 8.50. The van der Waals surface area contributed by atoms with Crippen molar-refractivity contribution in [3.8, 4) is 0 Å². The number of aryl methyl sites for hydroxylation is 1. The third-order valence-electron chi connectivity index (χ3n) is 5.74. The number of imidazole rings is 1. The maximum absolute atomic E-state index is 12.5. The van der Waals surface area contributed by atoms with Gasteiger partial charge in [-0.15, -0.1) is 0 Å². The molecule has 0 amide bonds. The lowest BCUT2D eigenvalue weighted by Crippen LogP contribution is -2.47. The van der Waals surface area contributed by atoms with E-state index in [9.17, 15) is 14.4 Å². The van der Waals surface area contributed by atoms with Gasteiger partial charge in [0.05, 0.1) is 17.0 Å². The van der Waals surface area contributed by atoms with E-state index in [4.69, 9.17) is 16.7 Å². The van der Waals surface area contributed by atoms with Crippen LogP contribution >= 0.6 is 11.6 Å². The van der Waals surface area contributed by atoms with Crippen LogP contribution in [0.2, 0.25) is 5.02 Å². The van der Waals surface area contributed by atoms with Crippen LogP contribution in [0.4, 0.5) is 5.69 Å². The molecule has 1 aliphatic rings. The smallest absolute Gasteiger partial charge is 0.332 e. The SMILES string of the molecule is CCC(=O)O.Cn1c(=O)c2c(ncn2CCN2CCN(c3ccccc3Cl)CC2)n(C)c1=O. The number of rotatable bonds is 5. The van der Waals surface area contributed by atoms with Gasteiger partial charge in [-0.2, -0.15) is 0 Å². The number of carboxylic acid groups (broad SMARTS) is 1. The van der Waals surface area contributed by atoms with Crippen molar-refractivity contribution < 1.29 is 9.90 Å². The Bertz CT molecular complexity index is 1240. The van der Waals surface area contributed by atoms with Crippen molar-refractivity contribution in [2.24, 2.45) is 14.1 Å². The predicted octanol–water partition coefficient (Wildman–Crippen LogP) is 1.39. The van der Waals surface area contributed by atoms with Crippen molar-refractivity contribution in [2.45, 2.75) is 19.9 Å². The van der Waals surface area contributed by atoms with Gasteiger partial charge in [0.15, 0.2) is 11.2 Å². The molecule has 11 heteroatoms.